The fraction of sp³-hybridized carbons (Fsp3) is 0.600. The third-order valence-corrected chi connectivity index (χ3v) is 14.9. The van der Waals surface area contributed by atoms with Crippen LogP contribution in [0.2, 0.25) is 16.6 Å². The van der Waals surface area contributed by atoms with Crippen LogP contribution in [0.4, 0.5) is 0 Å². The van der Waals surface area contributed by atoms with Gasteiger partial charge in [0.1, 0.15) is 19.3 Å². The van der Waals surface area contributed by atoms with E-state index in [2.05, 4.69) is 77.6 Å². The lowest BCUT2D eigenvalue weighted by atomic mass is 9.94. The molecule has 0 bridgehead atoms. The number of nitrogens with zero attached hydrogens (tertiary/aromatic N) is 4. The number of amides is 1. The van der Waals surface area contributed by atoms with Gasteiger partial charge in [-0.05, 0) is 35.7 Å². The van der Waals surface area contributed by atoms with Crippen molar-refractivity contribution in [3.8, 4) is 0 Å². The van der Waals surface area contributed by atoms with Crippen molar-refractivity contribution < 1.29 is 9.22 Å². The van der Waals surface area contributed by atoms with E-state index in [4.69, 9.17) is 4.43 Å². The van der Waals surface area contributed by atoms with E-state index < -0.39 is 16.4 Å². The molecule has 1 aromatic carbocycles. The molecular formula is C25H39N4O2PSi. The minimum Gasteiger partial charge on any atom is -0.544 e. The Morgan fingerprint density at radius 3 is 2.06 bits per heavy atom. The number of benzene rings is 1. The predicted molar refractivity (Wildman–Crippen MR) is 140 cm³/mol. The number of carbonyl (C=O) groups excluding carboxylic acids is 1. The van der Waals surface area contributed by atoms with E-state index in [-0.39, 0.29) is 17.1 Å². The van der Waals surface area contributed by atoms with Gasteiger partial charge < -0.3 is 4.43 Å². The molecule has 2 heterocycles. The lowest BCUT2D eigenvalue weighted by molar-refractivity contribution is 0.0871. The zero-order valence-corrected chi connectivity index (χ0v) is 23.6. The Balaban J connectivity index is 2.14. The molecule has 0 N–H and O–H groups in total. The van der Waals surface area contributed by atoms with Gasteiger partial charge in [0.2, 0.25) is 0 Å². The summed E-state index contributed by atoms with van der Waals surface area (Å²) in [6.45, 7) is 22.2. The second-order valence-electron chi connectivity index (χ2n) is 11.0. The van der Waals surface area contributed by atoms with Crippen molar-refractivity contribution in [3.63, 3.8) is 0 Å². The molecule has 6 nitrogen and oxygen atoms in total. The lowest BCUT2D eigenvalue weighted by Crippen LogP contribution is -2.48. The van der Waals surface area contributed by atoms with Crippen LogP contribution in [0, 0.1) is 5.41 Å². The van der Waals surface area contributed by atoms with Gasteiger partial charge in [0.05, 0.1) is 5.71 Å². The first kappa shape index (κ1) is 25.8. The van der Waals surface area contributed by atoms with Gasteiger partial charge in [-0.2, -0.15) is 15.0 Å². The van der Waals surface area contributed by atoms with Gasteiger partial charge in [-0.3, -0.25) is 4.79 Å². The van der Waals surface area contributed by atoms with E-state index in [0.717, 1.165) is 16.9 Å². The Morgan fingerprint density at radius 2 is 1.58 bits per heavy atom. The summed E-state index contributed by atoms with van der Waals surface area (Å²) in [5.74, 6) is 0.580. The summed E-state index contributed by atoms with van der Waals surface area (Å²) in [6.07, 6.45) is 0. The third-order valence-electron chi connectivity index (χ3n) is 6.61. The summed E-state index contributed by atoms with van der Waals surface area (Å²) in [5.41, 5.74) is 3.28. The molecular weight excluding hydrogens is 447 g/mol. The standard InChI is InChI=1S/C25H39N4O2PSi/c1-16(2)33(17(3)4,18(5)6)31-21(25(8,9)10)23-27-26-22-19(7)28-29(32(22)23)24(30)20-14-12-11-13-15-20/h11-18,22H,1-10H3/b23-21+. The molecule has 2 unspecified atom stereocenters. The van der Waals surface area contributed by atoms with Gasteiger partial charge in [-0.15, -0.1) is 5.11 Å². The Kier molecular flexibility index (Phi) is 7.35. The quantitative estimate of drug-likeness (QED) is 0.231. The summed E-state index contributed by atoms with van der Waals surface area (Å²) < 4.78 is 8.88. The molecule has 0 fully saturated rings. The number of hydrazone groups is 1. The molecule has 1 amide bonds. The maximum atomic E-state index is 13.5. The van der Waals surface area contributed by atoms with Crippen molar-refractivity contribution in [2.75, 3.05) is 0 Å². The van der Waals surface area contributed by atoms with Crippen LogP contribution in [-0.2, 0) is 4.43 Å². The molecule has 2 aliphatic heterocycles. The van der Waals surface area contributed by atoms with Crippen LogP contribution in [-0.4, -0.2) is 30.5 Å². The lowest BCUT2D eigenvalue weighted by Gasteiger charge is -2.45. The van der Waals surface area contributed by atoms with E-state index in [9.17, 15) is 4.79 Å². The SMILES string of the molecule is CC1=NN(C(=O)c2ccccc2)P2/C(=C(/O[Si](C(C)C)(C(C)C)C(C)C)C(C)(C)C)N=NC12. The number of fused-ring (bicyclic) bond motifs is 1. The fourth-order valence-corrected chi connectivity index (χ4v) is 13.1. The Hall–Kier alpha value is -1.85. The average Bonchev–Trinajstić information content (AvgIpc) is 3.28. The normalized spacial score (nSPS) is 22.3. The molecule has 3 rings (SSSR count). The van der Waals surface area contributed by atoms with Crippen molar-refractivity contribution in [3.05, 3.63) is 47.1 Å². The van der Waals surface area contributed by atoms with Crippen LogP contribution in [0.15, 0.2) is 56.9 Å². The van der Waals surface area contributed by atoms with Crippen molar-refractivity contribution in [2.24, 2.45) is 20.7 Å². The van der Waals surface area contributed by atoms with Gasteiger partial charge in [0, 0.05) is 11.0 Å². The van der Waals surface area contributed by atoms with Crippen LogP contribution >= 0.6 is 8.07 Å². The van der Waals surface area contributed by atoms with Gasteiger partial charge in [0.15, 0.2) is 5.78 Å². The van der Waals surface area contributed by atoms with Crippen LogP contribution in [0.5, 0.6) is 0 Å². The topological polar surface area (TPSA) is 66.6 Å². The summed E-state index contributed by atoms with van der Waals surface area (Å²) in [7, 11) is -3.45. The molecule has 0 saturated heterocycles. The maximum Gasteiger partial charge on any atom is 0.277 e. The smallest absolute Gasteiger partial charge is 0.277 e. The second kappa shape index (κ2) is 9.42. The number of rotatable bonds is 6. The molecule has 0 saturated carbocycles. The third kappa shape index (κ3) is 4.59. The van der Waals surface area contributed by atoms with Gasteiger partial charge in [0.25, 0.3) is 14.2 Å². The van der Waals surface area contributed by atoms with Crippen molar-refractivity contribution in [2.45, 2.75) is 91.6 Å². The monoisotopic (exact) mass is 486 g/mol. The highest BCUT2D eigenvalue weighted by Crippen LogP contribution is 2.65. The number of hydrogen-bond acceptors (Lipinski definition) is 5. The van der Waals surface area contributed by atoms with E-state index in [1.54, 1.807) is 4.78 Å². The highest BCUT2D eigenvalue weighted by atomic mass is 31.1. The average molecular weight is 487 g/mol. The minimum atomic E-state index is -2.23. The van der Waals surface area contributed by atoms with E-state index in [0.29, 0.717) is 22.2 Å². The first-order valence-corrected chi connectivity index (χ1v) is 15.4. The Morgan fingerprint density at radius 1 is 1.03 bits per heavy atom. The van der Waals surface area contributed by atoms with E-state index in [1.165, 1.54) is 0 Å². The number of hydrogen-bond donors (Lipinski definition) is 0. The molecule has 2 atom stereocenters. The number of carbonyl (C=O) groups is 1. The van der Waals surface area contributed by atoms with E-state index >= 15 is 0 Å². The fourth-order valence-electron chi connectivity index (χ4n) is 5.08. The molecule has 33 heavy (non-hydrogen) atoms. The van der Waals surface area contributed by atoms with Crippen molar-refractivity contribution in [1.29, 1.82) is 0 Å². The van der Waals surface area contributed by atoms with Crippen molar-refractivity contribution in [1.82, 2.24) is 4.78 Å². The highest BCUT2D eigenvalue weighted by Gasteiger charge is 2.52. The number of azo groups is 1. The van der Waals surface area contributed by atoms with Crippen LogP contribution in [0.3, 0.4) is 0 Å². The Bertz CT molecular complexity index is 958. The first-order valence-electron chi connectivity index (χ1n) is 11.9. The molecule has 0 aromatic heterocycles. The Labute approximate surface area is 201 Å². The van der Waals surface area contributed by atoms with Crippen LogP contribution in [0.1, 0.15) is 79.6 Å². The largest absolute Gasteiger partial charge is 0.544 e. The van der Waals surface area contributed by atoms with Gasteiger partial charge in [-0.25, -0.2) is 0 Å². The second-order valence-corrected chi connectivity index (χ2v) is 18.3. The van der Waals surface area contributed by atoms with Gasteiger partial charge in [-0.1, -0.05) is 80.5 Å². The predicted octanol–water partition coefficient (Wildman–Crippen LogP) is 8.11. The zero-order chi connectivity index (χ0) is 24.7. The summed E-state index contributed by atoms with van der Waals surface area (Å²) in [4.78, 5) is 13.5. The molecule has 0 radical (unpaired) electrons. The summed E-state index contributed by atoms with van der Waals surface area (Å²) in [6, 6.07) is 9.33. The van der Waals surface area contributed by atoms with Crippen molar-refractivity contribution >= 4 is 28.0 Å². The summed E-state index contributed by atoms with van der Waals surface area (Å²) in [5, 5.41) is 13.9. The zero-order valence-electron chi connectivity index (χ0n) is 21.7. The summed E-state index contributed by atoms with van der Waals surface area (Å²) >= 11 is 0. The first-order chi connectivity index (χ1) is 15.3. The van der Waals surface area contributed by atoms with Crippen LogP contribution in [0.25, 0.3) is 0 Å². The molecule has 0 aliphatic carbocycles. The number of allylic oxidation sites excluding steroid dienone is 1. The molecule has 2 aliphatic rings. The van der Waals surface area contributed by atoms with E-state index in [1.807, 2.05) is 37.3 Å². The molecule has 180 valence electrons. The molecule has 0 spiro atoms. The van der Waals surface area contributed by atoms with Gasteiger partial charge >= 0.3 is 0 Å². The van der Waals surface area contributed by atoms with Crippen LogP contribution < -0.4 is 0 Å². The molecule has 1 aromatic rings. The highest BCUT2D eigenvalue weighted by molar-refractivity contribution is 7.62. The minimum absolute atomic E-state index is 0.110. The molecule has 8 heteroatoms. The maximum absolute atomic E-state index is 13.5.